The van der Waals surface area contributed by atoms with Crippen LogP contribution in [0, 0.1) is 12.8 Å². The van der Waals surface area contributed by atoms with Gasteiger partial charge in [0.25, 0.3) is 0 Å². The molecule has 1 aliphatic rings. The van der Waals surface area contributed by atoms with Crippen molar-refractivity contribution in [2.75, 3.05) is 0 Å². The van der Waals surface area contributed by atoms with Crippen molar-refractivity contribution < 1.29 is 14.0 Å². The van der Waals surface area contributed by atoms with Gasteiger partial charge in [0.1, 0.15) is 23.6 Å². The van der Waals surface area contributed by atoms with E-state index < -0.39 is 12.1 Å². The summed E-state index contributed by atoms with van der Waals surface area (Å²) in [4.78, 5) is 26.5. The zero-order valence-electron chi connectivity index (χ0n) is 13.3. The number of aryl methyl sites for hydroxylation is 1. The van der Waals surface area contributed by atoms with E-state index in [4.69, 9.17) is 4.42 Å². The molecule has 21 heavy (non-hydrogen) atoms. The third-order valence-corrected chi connectivity index (χ3v) is 3.96. The molecule has 1 saturated heterocycles. The Morgan fingerprint density at radius 1 is 1.29 bits per heavy atom. The minimum absolute atomic E-state index is 0.0302. The lowest BCUT2D eigenvalue weighted by Gasteiger charge is -2.40. The fourth-order valence-electron chi connectivity index (χ4n) is 2.82. The lowest BCUT2D eigenvalue weighted by atomic mass is 9.97. The summed E-state index contributed by atoms with van der Waals surface area (Å²) in [5.74, 6) is 1.73. The van der Waals surface area contributed by atoms with Gasteiger partial charge in [-0.3, -0.25) is 9.59 Å². The number of amides is 2. The SMILES string of the molecule is Cc1ccc(C(C)N2C(=O)C(CC(C)C)NC(=O)C2C)o1. The molecule has 5 nitrogen and oxygen atoms in total. The van der Waals surface area contributed by atoms with Gasteiger partial charge in [-0.25, -0.2) is 0 Å². The zero-order chi connectivity index (χ0) is 15.7. The Balaban J connectivity index is 2.25. The topological polar surface area (TPSA) is 62.6 Å². The maximum absolute atomic E-state index is 12.7. The monoisotopic (exact) mass is 292 g/mol. The first kappa shape index (κ1) is 15.6. The summed E-state index contributed by atoms with van der Waals surface area (Å²) in [5.41, 5.74) is 0. The summed E-state index contributed by atoms with van der Waals surface area (Å²) in [6, 6.07) is 2.57. The molecule has 1 aromatic rings. The predicted molar refractivity (Wildman–Crippen MR) is 79.6 cm³/mol. The van der Waals surface area contributed by atoms with Gasteiger partial charge in [0, 0.05) is 0 Å². The Bertz CT molecular complexity index is 535. The van der Waals surface area contributed by atoms with Crippen molar-refractivity contribution in [3.05, 3.63) is 23.7 Å². The molecule has 3 unspecified atom stereocenters. The van der Waals surface area contributed by atoms with Gasteiger partial charge in [0.05, 0.1) is 6.04 Å². The third kappa shape index (κ3) is 3.12. The summed E-state index contributed by atoms with van der Waals surface area (Å²) >= 11 is 0. The third-order valence-electron chi connectivity index (χ3n) is 3.96. The van der Waals surface area contributed by atoms with Gasteiger partial charge >= 0.3 is 0 Å². The van der Waals surface area contributed by atoms with Crippen molar-refractivity contribution in [1.29, 1.82) is 0 Å². The summed E-state index contributed by atoms with van der Waals surface area (Å²) < 4.78 is 5.62. The number of nitrogens with zero attached hydrogens (tertiary/aromatic N) is 1. The van der Waals surface area contributed by atoms with Crippen LogP contribution >= 0.6 is 0 Å². The van der Waals surface area contributed by atoms with Crippen molar-refractivity contribution >= 4 is 11.8 Å². The number of rotatable bonds is 4. The molecule has 2 heterocycles. The largest absolute Gasteiger partial charge is 0.464 e. The summed E-state index contributed by atoms with van der Waals surface area (Å²) in [7, 11) is 0. The lowest BCUT2D eigenvalue weighted by molar-refractivity contribution is -0.152. The van der Waals surface area contributed by atoms with E-state index >= 15 is 0 Å². The van der Waals surface area contributed by atoms with E-state index in [0.717, 1.165) is 5.76 Å². The summed E-state index contributed by atoms with van der Waals surface area (Å²) in [6.45, 7) is 9.61. The second-order valence-corrected chi connectivity index (χ2v) is 6.24. The number of carbonyl (C=O) groups excluding carboxylic acids is 2. The maximum atomic E-state index is 12.7. The van der Waals surface area contributed by atoms with Crippen molar-refractivity contribution in [2.45, 2.75) is 59.2 Å². The van der Waals surface area contributed by atoms with Gasteiger partial charge in [-0.1, -0.05) is 13.8 Å². The molecular weight excluding hydrogens is 268 g/mol. The lowest BCUT2D eigenvalue weighted by Crippen LogP contribution is -2.62. The molecule has 2 rings (SSSR count). The van der Waals surface area contributed by atoms with Crippen LogP contribution in [0.5, 0.6) is 0 Å². The molecule has 3 atom stereocenters. The van der Waals surface area contributed by atoms with E-state index in [0.29, 0.717) is 18.1 Å². The summed E-state index contributed by atoms with van der Waals surface area (Å²) in [5, 5.41) is 2.83. The van der Waals surface area contributed by atoms with Crippen LogP contribution in [0.25, 0.3) is 0 Å². The van der Waals surface area contributed by atoms with Crippen LogP contribution in [0.15, 0.2) is 16.5 Å². The number of carbonyl (C=O) groups is 2. The number of furan rings is 1. The molecule has 2 amide bonds. The highest BCUT2D eigenvalue weighted by atomic mass is 16.3. The molecular formula is C16H24N2O3. The fourth-order valence-corrected chi connectivity index (χ4v) is 2.82. The van der Waals surface area contributed by atoms with Crippen LogP contribution in [0.1, 0.15) is 51.7 Å². The molecule has 1 N–H and O–H groups in total. The van der Waals surface area contributed by atoms with Crippen LogP contribution < -0.4 is 5.32 Å². The first-order valence-electron chi connectivity index (χ1n) is 7.50. The van der Waals surface area contributed by atoms with Gasteiger partial charge in [0.15, 0.2) is 0 Å². The average Bonchev–Trinajstić information content (AvgIpc) is 2.82. The standard InChI is InChI=1S/C16H24N2O3/c1-9(2)8-13-16(20)18(12(5)15(19)17-13)11(4)14-7-6-10(3)21-14/h6-7,9,11-13H,8H2,1-5H3,(H,17,19). The molecule has 1 aliphatic heterocycles. The van der Waals surface area contributed by atoms with Crippen LogP contribution in [0.3, 0.4) is 0 Å². The Kier molecular flexibility index (Phi) is 4.40. The van der Waals surface area contributed by atoms with Gasteiger partial charge in [-0.05, 0) is 45.2 Å². The highest BCUT2D eigenvalue weighted by Crippen LogP contribution is 2.28. The van der Waals surface area contributed by atoms with Crippen LogP contribution in [0.2, 0.25) is 0 Å². The van der Waals surface area contributed by atoms with Gasteiger partial charge in [0.2, 0.25) is 11.8 Å². The Labute approximate surface area is 125 Å². The first-order chi connectivity index (χ1) is 9.81. The molecule has 0 radical (unpaired) electrons. The van der Waals surface area contributed by atoms with Crippen LogP contribution in [0.4, 0.5) is 0 Å². The molecule has 1 aromatic heterocycles. The normalized spacial score (nSPS) is 24.4. The van der Waals surface area contributed by atoms with Gasteiger partial charge in [-0.2, -0.15) is 0 Å². The molecule has 1 fully saturated rings. The van der Waals surface area contributed by atoms with Crippen molar-refractivity contribution in [3.63, 3.8) is 0 Å². The average molecular weight is 292 g/mol. The predicted octanol–water partition coefficient (Wildman–Crippen LogP) is 2.41. The van der Waals surface area contributed by atoms with E-state index in [1.807, 2.05) is 39.8 Å². The van der Waals surface area contributed by atoms with Crippen molar-refractivity contribution in [1.82, 2.24) is 10.2 Å². The van der Waals surface area contributed by atoms with Gasteiger partial charge < -0.3 is 14.6 Å². The molecule has 0 saturated carbocycles. The highest BCUT2D eigenvalue weighted by Gasteiger charge is 2.41. The molecule has 0 spiro atoms. The molecule has 0 aromatic carbocycles. The molecule has 0 aliphatic carbocycles. The first-order valence-corrected chi connectivity index (χ1v) is 7.50. The minimum Gasteiger partial charge on any atom is -0.464 e. The van der Waals surface area contributed by atoms with Gasteiger partial charge in [-0.15, -0.1) is 0 Å². The van der Waals surface area contributed by atoms with Crippen LogP contribution in [-0.4, -0.2) is 28.8 Å². The Morgan fingerprint density at radius 3 is 2.48 bits per heavy atom. The minimum atomic E-state index is -0.485. The van der Waals surface area contributed by atoms with Crippen LogP contribution in [-0.2, 0) is 9.59 Å². The Morgan fingerprint density at radius 2 is 1.95 bits per heavy atom. The van der Waals surface area contributed by atoms with E-state index in [1.54, 1.807) is 11.8 Å². The quantitative estimate of drug-likeness (QED) is 0.927. The molecule has 116 valence electrons. The molecule has 0 bridgehead atoms. The van der Waals surface area contributed by atoms with Crippen molar-refractivity contribution in [3.8, 4) is 0 Å². The second kappa shape index (κ2) is 5.92. The smallest absolute Gasteiger partial charge is 0.246 e. The van der Waals surface area contributed by atoms with E-state index in [9.17, 15) is 9.59 Å². The number of hydrogen-bond donors (Lipinski definition) is 1. The van der Waals surface area contributed by atoms with E-state index in [1.165, 1.54) is 0 Å². The number of hydrogen-bond acceptors (Lipinski definition) is 3. The fraction of sp³-hybridized carbons (Fsp3) is 0.625. The summed E-state index contributed by atoms with van der Waals surface area (Å²) in [6.07, 6.45) is 0.650. The Hall–Kier alpha value is -1.78. The molecule has 5 heteroatoms. The zero-order valence-corrected chi connectivity index (χ0v) is 13.3. The number of nitrogens with one attached hydrogen (secondary N) is 1. The number of piperazine rings is 1. The second-order valence-electron chi connectivity index (χ2n) is 6.24. The van der Waals surface area contributed by atoms with Crippen molar-refractivity contribution in [2.24, 2.45) is 5.92 Å². The van der Waals surface area contributed by atoms with E-state index in [2.05, 4.69) is 5.32 Å². The maximum Gasteiger partial charge on any atom is 0.246 e. The highest BCUT2D eigenvalue weighted by molar-refractivity contribution is 5.96. The van der Waals surface area contributed by atoms with E-state index in [-0.39, 0.29) is 17.9 Å².